The highest BCUT2D eigenvalue weighted by atomic mass is 16.5. The molecular weight excluding hydrogens is 881 g/mol. The molecule has 406 valence electrons. The Hall–Kier alpha value is -2.20. The first-order valence-corrected chi connectivity index (χ1v) is 26.2. The number of carbonyl (C=O) groups excluding carboxylic acids is 1. The molecule has 0 bridgehead atoms. The number of carboxylic acid groups (broad SMARTS) is 1. The predicted octanol–water partition coefficient (Wildman–Crippen LogP) is 9.98. The molecule has 9 atom stereocenters. The standard InChI is InChI=1S/C56H104O13/c1-43(2)22-14-27-49(5,61)29-17-31-51(7,63)33-19-35-53(9,65)37-21-38-54(10,66)36-20-34-52(8,64)32-18-30-50(6,62)28-15-25-44(3)23-13-24-45(4)26-16-39-56(12,68)46(57)42-69-48(60)41-55(11,67)40-47(58)59/h22-23,26,46,57,61-68H,13-21,24-25,27-42H2,1-12H3,(H,58,59)/b44-23+,45-26+/t46-,49+,50-,51+,52-,53+,54-,55-,56+/m0/s1. The van der Waals surface area contributed by atoms with E-state index >= 15 is 0 Å². The van der Waals surface area contributed by atoms with Gasteiger partial charge in [-0.1, -0.05) is 34.9 Å². The Kier molecular flexibility index (Phi) is 29.8. The van der Waals surface area contributed by atoms with Crippen LogP contribution in [-0.4, -0.2) is 121 Å². The van der Waals surface area contributed by atoms with Gasteiger partial charge in [0.1, 0.15) is 12.7 Å². The summed E-state index contributed by atoms with van der Waals surface area (Å²) in [4.78, 5) is 22.9. The molecule has 0 aliphatic carbocycles. The van der Waals surface area contributed by atoms with E-state index in [1.807, 2.05) is 54.5 Å². The molecule has 0 unspecified atom stereocenters. The number of ether oxygens (including phenoxy) is 1. The molecule has 69 heavy (non-hydrogen) atoms. The van der Waals surface area contributed by atoms with Gasteiger partial charge in [0, 0.05) is 0 Å². The predicted molar refractivity (Wildman–Crippen MR) is 277 cm³/mol. The van der Waals surface area contributed by atoms with Gasteiger partial charge >= 0.3 is 11.9 Å². The van der Waals surface area contributed by atoms with Crippen LogP contribution in [0.4, 0.5) is 0 Å². The quantitative estimate of drug-likeness (QED) is 0.0203. The lowest BCUT2D eigenvalue weighted by atomic mass is 9.83. The third-order valence-electron chi connectivity index (χ3n) is 14.0. The van der Waals surface area contributed by atoms with E-state index in [9.17, 15) is 55.5 Å². The Morgan fingerprint density at radius 2 is 0.768 bits per heavy atom. The van der Waals surface area contributed by atoms with Crippen LogP contribution in [0, 0.1) is 0 Å². The van der Waals surface area contributed by atoms with Gasteiger partial charge in [-0.2, -0.15) is 0 Å². The monoisotopic (exact) mass is 985 g/mol. The number of carboxylic acids is 1. The number of aliphatic hydroxyl groups excluding tert-OH is 1. The van der Waals surface area contributed by atoms with E-state index in [2.05, 4.69) is 32.9 Å². The molecule has 0 aliphatic heterocycles. The summed E-state index contributed by atoms with van der Waals surface area (Å²) in [6, 6.07) is 0. The number of hydrogen-bond donors (Lipinski definition) is 10. The first-order chi connectivity index (χ1) is 31.4. The van der Waals surface area contributed by atoms with E-state index in [1.165, 1.54) is 25.0 Å². The van der Waals surface area contributed by atoms with Gasteiger partial charge in [0.15, 0.2) is 0 Å². The lowest BCUT2D eigenvalue weighted by molar-refractivity contribution is -0.159. The van der Waals surface area contributed by atoms with E-state index < -0.39 is 82.3 Å². The molecule has 0 aromatic rings. The summed E-state index contributed by atoms with van der Waals surface area (Å²) in [5, 5.41) is 106. The Morgan fingerprint density at radius 3 is 1.14 bits per heavy atom. The zero-order valence-corrected chi connectivity index (χ0v) is 45.6. The van der Waals surface area contributed by atoms with Crippen molar-refractivity contribution in [3.05, 3.63) is 34.9 Å². The van der Waals surface area contributed by atoms with Crippen molar-refractivity contribution in [2.24, 2.45) is 0 Å². The summed E-state index contributed by atoms with van der Waals surface area (Å²) in [5.41, 5.74) is -4.84. The SMILES string of the molecule is CC(C)=CCC[C@@](C)(O)CCC[C@@](C)(O)CCC[C@@](C)(O)CCC[C@@](C)(O)CCC[C@@](C)(O)CCC[C@@](C)(O)CCC/C(C)=C/CC/C(C)=C/CC[C@@](C)(O)[C@@H](O)COC(=O)C[C@@](C)(O)CC(=O)O. The summed E-state index contributed by atoms with van der Waals surface area (Å²) >= 11 is 0. The maximum absolute atomic E-state index is 12.0. The van der Waals surface area contributed by atoms with E-state index in [0.29, 0.717) is 109 Å². The van der Waals surface area contributed by atoms with Crippen molar-refractivity contribution in [3.8, 4) is 0 Å². The van der Waals surface area contributed by atoms with Crippen LogP contribution in [-0.2, 0) is 14.3 Å². The van der Waals surface area contributed by atoms with Crippen molar-refractivity contribution in [2.45, 2.75) is 301 Å². The number of rotatable bonds is 40. The van der Waals surface area contributed by atoms with Crippen LogP contribution in [0.1, 0.15) is 250 Å². The fourth-order valence-electron chi connectivity index (χ4n) is 9.05. The van der Waals surface area contributed by atoms with Crippen molar-refractivity contribution in [1.82, 2.24) is 0 Å². The Morgan fingerprint density at radius 1 is 0.435 bits per heavy atom. The maximum Gasteiger partial charge on any atom is 0.308 e. The number of aliphatic hydroxyl groups is 9. The third-order valence-corrected chi connectivity index (χ3v) is 14.0. The van der Waals surface area contributed by atoms with E-state index in [4.69, 9.17) is 9.84 Å². The molecule has 0 fully saturated rings. The highest BCUT2D eigenvalue weighted by Gasteiger charge is 2.34. The average Bonchev–Trinajstić information content (AvgIpc) is 3.14. The summed E-state index contributed by atoms with van der Waals surface area (Å²) in [7, 11) is 0. The first-order valence-electron chi connectivity index (χ1n) is 26.2. The molecule has 0 spiro atoms. The smallest absolute Gasteiger partial charge is 0.308 e. The average molecular weight is 985 g/mol. The Labute approximate surface area is 418 Å². The van der Waals surface area contributed by atoms with Crippen molar-refractivity contribution in [2.75, 3.05) is 6.61 Å². The number of aliphatic carboxylic acids is 1. The Bertz CT molecular complexity index is 1560. The topological polar surface area (TPSA) is 246 Å². The van der Waals surface area contributed by atoms with E-state index in [1.54, 1.807) is 0 Å². The van der Waals surface area contributed by atoms with Gasteiger partial charge in [-0.25, -0.2) is 0 Å². The summed E-state index contributed by atoms with van der Waals surface area (Å²) in [6.45, 7) is 21.4. The number of carbonyl (C=O) groups is 2. The van der Waals surface area contributed by atoms with Gasteiger partial charge in [-0.05, 0) is 237 Å². The molecule has 0 saturated carbocycles. The molecule has 0 radical (unpaired) electrons. The molecule has 0 rings (SSSR count). The molecule has 0 saturated heterocycles. The summed E-state index contributed by atoms with van der Waals surface area (Å²) < 4.78 is 4.98. The van der Waals surface area contributed by atoms with Crippen LogP contribution in [0.5, 0.6) is 0 Å². The molecule has 0 aliphatic rings. The summed E-state index contributed by atoms with van der Waals surface area (Å²) in [5.74, 6) is -2.12. The van der Waals surface area contributed by atoms with Crippen LogP contribution in [0.2, 0.25) is 0 Å². The lowest BCUT2D eigenvalue weighted by Gasteiger charge is -2.30. The number of hydrogen-bond acceptors (Lipinski definition) is 12. The molecule has 10 N–H and O–H groups in total. The van der Waals surface area contributed by atoms with Crippen LogP contribution < -0.4 is 0 Å². The minimum Gasteiger partial charge on any atom is -0.481 e. The minimum absolute atomic E-state index is 0.227. The molecular formula is C56H104O13. The second kappa shape index (κ2) is 30.7. The summed E-state index contributed by atoms with van der Waals surface area (Å²) in [6.07, 6.45) is 19.2. The van der Waals surface area contributed by atoms with Gasteiger partial charge in [0.25, 0.3) is 0 Å². The fourth-order valence-corrected chi connectivity index (χ4v) is 9.05. The van der Waals surface area contributed by atoms with Crippen LogP contribution >= 0.6 is 0 Å². The van der Waals surface area contributed by atoms with Crippen LogP contribution in [0.15, 0.2) is 34.9 Å². The zero-order chi connectivity index (χ0) is 53.4. The molecule has 0 aromatic heterocycles. The van der Waals surface area contributed by atoms with Gasteiger partial charge in [-0.15, -0.1) is 0 Å². The highest BCUT2D eigenvalue weighted by molar-refractivity contribution is 5.73. The van der Waals surface area contributed by atoms with Gasteiger partial charge in [0.05, 0.1) is 57.7 Å². The lowest BCUT2D eigenvalue weighted by Crippen LogP contribution is -2.43. The molecule has 0 aromatic carbocycles. The molecule has 13 heteroatoms. The van der Waals surface area contributed by atoms with Crippen molar-refractivity contribution >= 4 is 11.9 Å². The van der Waals surface area contributed by atoms with Crippen molar-refractivity contribution in [1.29, 1.82) is 0 Å². The fraction of sp³-hybridized carbons (Fsp3) is 0.857. The zero-order valence-electron chi connectivity index (χ0n) is 45.6. The Balaban J connectivity index is 4.47. The van der Waals surface area contributed by atoms with Gasteiger partial charge in [-0.3, -0.25) is 9.59 Å². The second-order valence-electron chi connectivity index (χ2n) is 23.9. The third kappa shape index (κ3) is 36.4. The van der Waals surface area contributed by atoms with Crippen molar-refractivity contribution < 1.29 is 65.4 Å². The minimum atomic E-state index is -1.78. The van der Waals surface area contributed by atoms with Gasteiger partial charge in [0.2, 0.25) is 0 Å². The highest BCUT2D eigenvalue weighted by Crippen LogP contribution is 2.32. The molecule has 0 amide bonds. The van der Waals surface area contributed by atoms with Crippen molar-refractivity contribution in [3.63, 3.8) is 0 Å². The number of esters is 1. The van der Waals surface area contributed by atoms with Crippen LogP contribution in [0.3, 0.4) is 0 Å². The maximum atomic E-state index is 12.0. The molecule has 0 heterocycles. The molecule has 13 nitrogen and oxygen atoms in total. The number of allylic oxidation sites excluding steroid dienone is 6. The first kappa shape index (κ1) is 66.8. The van der Waals surface area contributed by atoms with E-state index in [0.717, 1.165) is 44.1 Å². The second-order valence-corrected chi connectivity index (χ2v) is 23.9. The van der Waals surface area contributed by atoms with Gasteiger partial charge < -0.3 is 55.8 Å². The normalized spacial score (nSPS) is 20.1. The largest absolute Gasteiger partial charge is 0.481 e. The van der Waals surface area contributed by atoms with Crippen LogP contribution in [0.25, 0.3) is 0 Å². The van der Waals surface area contributed by atoms with E-state index in [-0.39, 0.29) is 6.42 Å².